The van der Waals surface area contributed by atoms with Gasteiger partial charge in [0.2, 0.25) is 5.91 Å². The number of carbonyl (C=O) groups is 3. The summed E-state index contributed by atoms with van der Waals surface area (Å²) >= 11 is 0. The monoisotopic (exact) mass is 627 g/mol. The van der Waals surface area contributed by atoms with Crippen LogP contribution in [0.15, 0.2) is 72.9 Å². The highest BCUT2D eigenvalue weighted by atomic mass is 16.5. The molecule has 0 radical (unpaired) electrons. The molecule has 0 spiro atoms. The minimum atomic E-state index is -0.947. The first kappa shape index (κ1) is 33.6. The summed E-state index contributed by atoms with van der Waals surface area (Å²) in [6.07, 6.45) is 1.54. The van der Waals surface area contributed by atoms with Crippen molar-refractivity contribution in [2.45, 2.75) is 53.3 Å². The van der Waals surface area contributed by atoms with Crippen molar-refractivity contribution in [3.8, 4) is 11.5 Å². The zero-order valence-electron chi connectivity index (χ0n) is 26.8. The average Bonchev–Trinajstić information content (AvgIpc) is 3.00. The molecule has 1 unspecified atom stereocenters. The van der Waals surface area contributed by atoms with Gasteiger partial charge in [0, 0.05) is 36.4 Å². The van der Waals surface area contributed by atoms with Crippen LogP contribution in [0.3, 0.4) is 0 Å². The van der Waals surface area contributed by atoms with E-state index < -0.39 is 12.0 Å². The lowest BCUT2D eigenvalue weighted by Gasteiger charge is -2.29. The van der Waals surface area contributed by atoms with E-state index in [9.17, 15) is 14.4 Å². The maximum absolute atomic E-state index is 14.6. The lowest BCUT2D eigenvalue weighted by atomic mass is 10.0. The summed E-state index contributed by atoms with van der Waals surface area (Å²) in [5, 5.41) is 7.78. The lowest BCUT2D eigenvalue weighted by molar-refractivity contribution is -0.149. The first-order valence-corrected chi connectivity index (χ1v) is 15.2. The molecule has 11 heteroatoms. The molecule has 46 heavy (non-hydrogen) atoms. The number of benzene rings is 3. The van der Waals surface area contributed by atoms with E-state index in [-0.39, 0.29) is 37.6 Å². The number of esters is 1. The van der Waals surface area contributed by atoms with Crippen LogP contribution in [0.1, 0.15) is 51.8 Å². The zero-order chi connectivity index (χ0) is 33.2. The second-order valence-electron chi connectivity index (χ2n) is 10.9. The normalized spacial score (nSPS) is 11.5. The number of nitrogens with two attached hydrogens (primary N) is 1. The number of rotatable bonds is 14. The molecule has 0 aliphatic rings. The van der Waals surface area contributed by atoms with Gasteiger partial charge in [0.25, 0.3) is 5.91 Å². The van der Waals surface area contributed by atoms with Gasteiger partial charge in [0.15, 0.2) is 11.5 Å². The van der Waals surface area contributed by atoms with Crippen LogP contribution in [-0.4, -0.2) is 53.5 Å². The Hall–Kier alpha value is -5.32. The van der Waals surface area contributed by atoms with Crippen molar-refractivity contribution in [1.29, 1.82) is 0 Å². The SMILES string of the molecule is CCOC(=O)CN(Cc1cccc(NC(C)=O)c1)C(=O)C(Nc1ccc2c(N)nccc2c1)c1ccc(OC(C)C)c(OCC)c1. The van der Waals surface area contributed by atoms with E-state index in [0.29, 0.717) is 46.4 Å². The highest BCUT2D eigenvalue weighted by Gasteiger charge is 2.29. The van der Waals surface area contributed by atoms with Crippen LogP contribution in [0.2, 0.25) is 0 Å². The summed E-state index contributed by atoms with van der Waals surface area (Å²) in [6.45, 7) is 9.21. The number of hydrogen-bond donors (Lipinski definition) is 3. The molecule has 242 valence electrons. The minimum Gasteiger partial charge on any atom is -0.490 e. The third-order valence-electron chi connectivity index (χ3n) is 6.87. The molecule has 2 amide bonds. The Morgan fingerprint density at radius 3 is 2.46 bits per heavy atom. The quantitative estimate of drug-likeness (QED) is 0.150. The number of anilines is 3. The number of amides is 2. The van der Waals surface area contributed by atoms with E-state index in [2.05, 4.69) is 15.6 Å². The summed E-state index contributed by atoms with van der Waals surface area (Å²) in [5.74, 6) is 0.304. The standard InChI is InChI=1S/C35H41N5O6/c1-6-44-31-19-26(11-14-30(31)46-22(3)4)33(39-28-12-13-29-25(18-28)15-16-37-34(29)36)35(43)40(21-32(42)45-7-2)20-24-9-8-10-27(17-24)38-23(5)41/h8-19,22,33,39H,6-7,20-21H2,1-5H3,(H2,36,37)(H,38,41). The van der Waals surface area contributed by atoms with E-state index in [1.54, 1.807) is 49.5 Å². The second kappa shape index (κ2) is 15.6. The van der Waals surface area contributed by atoms with Crippen LogP contribution >= 0.6 is 0 Å². The predicted molar refractivity (Wildman–Crippen MR) is 179 cm³/mol. The smallest absolute Gasteiger partial charge is 0.325 e. The summed E-state index contributed by atoms with van der Waals surface area (Å²) in [6, 6.07) is 18.9. The van der Waals surface area contributed by atoms with Crippen LogP contribution < -0.4 is 25.8 Å². The summed E-state index contributed by atoms with van der Waals surface area (Å²) < 4.78 is 17.1. The van der Waals surface area contributed by atoms with Gasteiger partial charge in [-0.3, -0.25) is 14.4 Å². The van der Waals surface area contributed by atoms with Gasteiger partial charge < -0.3 is 35.5 Å². The maximum Gasteiger partial charge on any atom is 0.325 e. The third kappa shape index (κ3) is 8.87. The molecule has 3 aromatic carbocycles. The number of nitrogens with zero attached hydrogens (tertiary/aromatic N) is 2. The van der Waals surface area contributed by atoms with Gasteiger partial charge in [-0.25, -0.2) is 4.98 Å². The summed E-state index contributed by atoms with van der Waals surface area (Å²) in [4.78, 5) is 44.7. The first-order valence-electron chi connectivity index (χ1n) is 15.2. The molecule has 11 nitrogen and oxygen atoms in total. The molecule has 0 fully saturated rings. The number of nitrogens with one attached hydrogen (secondary N) is 2. The number of carbonyl (C=O) groups excluding carboxylic acids is 3. The first-order chi connectivity index (χ1) is 22.1. The largest absolute Gasteiger partial charge is 0.490 e. The maximum atomic E-state index is 14.6. The number of pyridine rings is 1. The van der Waals surface area contributed by atoms with Crippen molar-refractivity contribution in [2.75, 3.05) is 36.1 Å². The minimum absolute atomic E-state index is 0.0794. The number of ether oxygens (including phenoxy) is 3. The highest BCUT2D eigenvalue weighted by Crippen LogP contribution is 2.34. The molecule has 0 saturated carbocycles. The van der Waals surface area contributed by atoms with Gasteiger partial charge in [-0.05, 0) is 92.7 Å². The molecule has 0 aliphatic carbocycles. The van der Waals surface area contributed by atoms with E-state index in [1.165, 1.54) is 11.8 Å². The van der Waals surface area contributed by atoms with Gasteiger partial charge >= 0.3 is 5.97 Å². The van der Waals surface area contributed by atoms with Crippen molar-refractivity contribution in [2.24, 2.45) is 0 Å². The van der Waals surface area contributed by atoms with Gasteiger partial charge in [-0.2, -0.15) is 0 Å². The van der Waals surface area contributed by atoms with E-state index in [0.717, 1.165) is 10.8 Å². The van der Waals surface area contributed by atoms with E-state index in [4.69, 9.17) is 19.9 Å². The van der Waals surface area contributed by atoms with Crippen molar-refractivity contribution < 1.29 is 28.6 Å². The summed E-state index contributed by atoms with van der Waals surface area (Å²) in [7, 11) is 0. The van der Waals surface area contributed by atoms with Crippen LogP contribution in [-0.2, 0) is 25.7 Å². The van der Waals surface area contributed by atoms with Crippen molar-refractivity contribution in [1.82, 2.24) is 9.88 Å². The highest BCUT2D eigenvalue weighted by molar-refractivity contribution is 5.94. The zero-order valence-corrected chi connectivity index (χ0v) is 26.8. The number of aromatic nitrogens is 1. The Morgan fingerprint density at radius 2 is 1.74 bits per heavy atom. The Bertz CT molecular complexity index is 1690. The van der Waals surface area contributed by atoms with Crippen molar-refractivity contribution in [3.05, 3.63) is 84.1 Å². The molecular weight excluding hydrogens is 586 g/mol. The molecule has 0 aliphatic heterocycles. The molecule has 1 aromatic heterocycles. The van der Waals surface area contributed by atoms with Crippen LogP contribution in [0.25, 0.3) is 10.8 Å². The fourth-order valence-electron chi connectivity index (χ4n) is 5.00. The van der Waals surface area contributed by atoms with Crippen LogP contribution in [0.4, 0.5) is 17.2 Å². The fraction of sp³-hybridized carbons (Fsp3) is 0.314. The topological polar surface area (TPSA) is 145 Å². The Morgan fingerprint density at radius 1 is 0.935 bits per heavy atom. The lowest BCUT2D eigenvalue weighted by Crippen LogP contribution is -2.41. The molecule has 0 saturated heterocycles. The Labute approximate surface area is 269 Å². The molecule has 4 aromatic rings. The number of nitrogen functional groups attached to an aromatic ring is 1. The Kier molecular flexibility index (Phi) is 11.4. The van der Waals surface area contributed by atoms with Gasteiger partial charge in [-0.15, -0.1) is 0 Å². The predicted octanol–water partition coefficient (Wildman–Crippen LogP) is 5.71. The summed E-state index contributed by atoms with van der Waals surface area (Å²) in [5.41, 5.74) is 8.62. The number of hydrogen-bond acceptors (Lipinski definition) is 9. The molecule has 0 bridgehead atoms. The van der Waals surface area contributed by atoms with Crippen molar-refractivity contribution in [3.63, 3.8) is 0 Å². The van der Waals surface area contributed by atoms with E-state index >= 15 is 0 Å². The van der Waals surface area contributed by atoms with Gasteiger partial charge in [0.1, 0.15) is 18.4 Å². The van der Waals surface area contributed by atoms with Gasteiger partial charge in [0.05, 0.1) is 19.3 Å². The van der Waals surface area contributed by atoms with Gasteiger partial charge in [-0.1, -0.05) is 18.2 Å². The molecule has 1 atom stereocenters. The van der Waals surface area contributed by atoms with E-state index in [1.807, 2.05) is 51.1 Å². The second-order valence-corrected chi connectivity index (χ2v) is 10.9. The van der Waals surface area contributed by atoms with Crippen molar-refractivity contribution >= 4 is 45.7 Å². The molecular formula is C35H41N5O6. The number of fused-ring (bicyclic) bond motifs is 1. The molecule has 4 rings (SSSR count). The van der Waals surface area contributed by atoms with Crippen LogP contribution in [0.5, 0.6) is 11.5 Å². The average molecular weight is 628 g/mol. The fourth-order valence-corrected chi connectivity index (χ4v) is 5.00. The Balaban J connectivity index is 1.78. The third-order valence-corrected chi connectivity index (χ3v) is 6.87. The van der Waals surface area contributed by atoms with Crippen LogP contribution in [0, 0.1) is 0 Å². The molecule has 1 heterocycles. The molecule has 4 N–H and O–H groups in total.